The molecule has 1 aromatic carbocycles. The molecule has 0 atom stereocenters. The summed E-state index contributed by atoms with van der Waals surface area (Å²) in [6, 6.07) is 6.27. The first-order valence-corrected chi connectivity index (χ1v) is 6.74. The number of aromatic nitrogens is 2. The third-order valence-corrected chi connectivity index (χ3v) is 3.34. The van der Waals surface area contributed by atoms with E-state index in [1.807, 2.05) is 0 Å². The highest BCUT2D eigenvalue weighted by atomic mass is 32.2. The molecular formula is C13H12FN3O2S. The summed E-state index contributed by atoms with van der Waals surface area (Å²) >= 11 is 1.02. The smallest absolute Gasteiger partial charge is 0.240 e. The van der Waals surface area contributed by atoms with E-state index >= 15 is 0 Å². The molecule has 104 valence electrons. The molecule has 0 saturated carbocycles. The number of thioether (sulfide) groups is 1. The first kappa shape index (κ1) is 14.3. The van der Waals surface area contributed by atoms with Crippen LogP contribution in [0.5, 0.6) is 5.88 Å². The summed E-state index contributed by atoms with van der Waals surface area (Å²) < 4.78 is 19.7. The number of ether oxygens (including phenoxy) is 1. The molecule has 0 saturated heterocycles. The molecule has 0 radical (unpaired) electrons. The molecule has 0 bridgehead atoms. The van der Waals surface area contributed by atoms with Crippen LogP contribution in [-0.4, -0.2) is 21.9 Å². The zero-order valence-electron chi connectivity index (χ0n) is 10.7. The van der Waals surface area contributed by atoms with E-state index in [9.17, 15) is 9.18 Å². The Kier molecular flexibility index (Phi) is 4.92. The van der Waals surface area contributed by atoms with Crippen molar-refractivity contribution in [3.05, 3.63) is 36.0 Å². The third-order valence-electron chi connectivity index (χ3n) is 2.54. The van der Waals surface area contributed by atoms with Gasteiger partial charge in [0.2, 0.25) is 12.0 Å². The van der Waals surface area contributed by atoms with Gasteiger partial charge in [-0.15, -0.1) is 5.10 Å². The monoisotopic (exact) mass is 293 g/mol. The van der Waals surface area contributed by atoms with Gasteiger partial charge in [0.1, 0.15) is 12.6 Å². The van der Waals surface area contributed by atoms with Crippen molar-refractivity contribution in [3.8, 4) is 5.88 Å². The molecule has 0 amide bonds. The van der Waals surface area contributed by atoms with Crippen molar-refractivity contribution in [2.75, 3.05) is 6.01 Å². The summed E-state index contributed by atoms with van der Waals surface area (Å²) in [4.78, 5) is 14.7. The van der Waals surface area contributed by atoms with Crippen LogP contribution in [-0.2, 0) is 18.4 Å². The highest BCUT2D eigenvalue weighted by Crippen LogP contribution is 2.31. The van der Waals surface area contributed by atoms with E-state index in [2.05, 4.69) is 10.1 Å². The molecule has 0 aliphatic carbocycles. The summed E-state index contributed by atoms with van der Waals surface area (Å²) in [5, 5.41) is 4.08. The Balaban J connectivity index is 2.24. The Morgan fingerprint density at radius 2 is 2.35 bits per heavy atom. The normalized spacial score (nSPS) is 10.1. The number of rotatable bonds is 6. The van der Waals surface area contributed by atoms with Crippen LogP contribution >= 0.6 is 11.8 Å². The van der Waals surface area contributed by atoms with Crippen LogP contribution in [0.1, 0.15) is 5.56 Å². The van der Waals surface area contributed by atoms with Crippen molar-refractivity contribution < 1.29 is 13.9 Å². The minimum Gasteiger partial charge on any atom is -0.472 e. The lowest BCUT2D eigenvalue weighted by atomic mass is 10.2. The SMILES string of the molecule is Cn1ccc(OCc2c(N=C=O)cccc2SCF)n1. The molecule has 2 rings (SSSR count). The fourth-order valence-corrected chi connectivity index (χ4v) is 2.29. The molecule has 0 fully saturated rings. The molecule has 20 heavy (non-hydrogen) atoms. The average Bonchev–Trinajstić information content (AvgIpc) is 2.84. The van der Waals surface area contributed by atoms with Crippen molar-refractivity contribution >= 4 is 23.5 Å². The summed E-state index contributed by atoms with van der Waals surface area (Å²) in [6.07, 6.45) is 3.24. The largest absolute Gasteiger partial charge is 0.472 e. The number of hydrogen-bond donors (Lipinski definition) is 0. The summed E-state index contributed by atoms with van der Waals surface area (Å²) in [7, 11) is 1.78. The van der Waals surface area contributed by atoms with Crippen LogP contribution < -0.4 is 4.74 Å². The molecule has 7 heteroatoms. The number of hydrogen-bond acceptors (Lipinski definition) is 5. The van der Waals surface area contributed by atoms with Crippen LogP contribution in [0.25, 0.3) is 0 Å². The van der Waals surface area contributed by atoms with E-state index in [0.717, 1.165) is 11.8 Å². The fraction of sp³-hybridized carbons (Fsp3) is 0.231. The van der Waals surface area contributed by atoms with Gasteiger partial charge in [-0.1, -0.05) is 17.8 Å². The number of aryl methyl sites for hydroxylation is 1. The lowest BCUT2D eigenvalue weighted by Gasteiger charge is -2.10. The fourth-order valence-electron chi connectivity index (χ4n) is 1.66. The molecule has 1 aromatic heterocycles. The zero-order chi connectivity index (χ0) is 14.4. The minimum absolute atomic E-state index is 0.153. The topological polar surface area (TPSA) is 56.5 Å². The third kappa shape index (κ3) is 3.46. The second-order valence-corrected chi connectivity index (χ2v) is 4.77. The number of aliphatic imine (C=N–C) groups is 1. The van der Waals surface area contributed by atoms with Crippen LogP contribution in [0, 0.1) is 0 Å². The maximum atomic E-state index is 12.5. The number of isocyanates is 1. The minimum atomic E-state index is -0.565. The van der Waals surface area contributed by atoms with Crippen LogP contribution in [0.4, 0.5) is 10.1 Å². The maximum absolute atomic E-state index is 12.5. The summed E-state index contributed by atoms with van der Waals surface area (Å²) in [6.45, 7) is 0.153. The van der Waals surface area contributed by atoms with Gasteiger partial charge in [0.25, 0.3) is 0 Å². The number of halogens is 1. The summed E-state index contributed by atoms with van der Waals surface area (Å²) in [5.41, 5.74) is 1.07. The first-order valence-electron chi connectivity index (χ1n) is 5.75. The lowest BCUT2D eigenvalue weighted by Crippen LogP contribution is -1.99. The van der Waals surface area contributed by atoms with E-state index < -0.39 is 6.01 Å². The van der Waals surface area contributed by atoms with Gasteiger partial charge >= 0.3 is 0 Å². The lowest BCUT2D eigenvalue weighted by molar-refractivity contribution is 0.288. The molecule has 0 unspecified atom stereocenters. The van der Waals surface area contributed by atoms with Gasteiger partial charge in [-0.2, -0.15) is 4.99 Å². The van der Waals surface area contributed by atoms with E-state index in [4.69, 9.17) is 4.74 Å². The molecule has 2 aromatic rings. The predicted molar refractivity (Wildman–Crippen MR) is 73.6 cm³/mol. The number of nitrogens with zero attached hydrogens (tertiary/aromatic N) is 3. The Morgan fingerprint density at radius 1 is 1.50 bits per heavy atom. The van der Waals surface area contributed by atoms with E-state index in [-0.39, 0.29) is 6.61 Å². The van der Waals surface area contributed by atoms with Crippen molar-refractivity contribution in [1.29, 1.82) is 0 Å². The standard InChI is InChI=1S/C13H12FN3O2S/c1-17-6-5-13(16-17)19-7-10-11(15-9-18)3-2-4-12(10)20-8-14/h2-6H,7-8H2,1H3. The van der Waals surface area contributed by atoms with Gasteiger partial charge in [-0.05, 0) is 12.1 Å². The molecule has 0 N–H and O–H groups in total. The number of carbonyl (C=O) groups excluding carboxylic acids is 1. The molecule has 0 spiro atoms. The van der Waals surface area contributed by atoms with Crippen LogP contribution in [0.2, 0.25) is 0 Å². The molecule has 0 aliphatic rings. The zero-order valence-corrected chi connectivity index (χ0v) is 11.6. The highest BCUT2D eigenvalue weighted by Gasteiger charge is 2.10. The quantitative estimate of drug-likeness (QED) is 0.467. The van der Waals surface area contributed by atoms with E-state index in [1.54, 1.807) is 42.2 Å². The van der Waals surface area contributed by atoms with Gasteiger partial charge in [-0.3, -0.25) is 4.68 Å². The molecule has 1 heterocycles. The van der Waals surface area contributed by atoms with Crippen molar-refractivity contribution in [3.63, 3.8) is 0 Å². The van der Waals surface area contributed by atoms with Crippen molar-refractivity contribution in [2.24, 2.45) is 12.0 Å². The average molecular weight is 293 g/mol. The van der Waals surface area contributed by atoms with Gasteiger partial charge in [-0.25, -0.2) is 9.18 Å². The maximum Gasteiger partial charge on any atom is 0.240 e. The van der Waals surface area contributed by atoms with E-state index in [0.29, 0.717) is 22.0 Å². The van der Waals surface area contributed by atoms with E-state index in [1.165, 1.54) is 6.08 Å². The van der Waals surface area contributed by atoms with Gasteiger partial charge in [0.15, 0.2) is 0 Å². The second kappa shape index (κ2) is 6.88. The van der Waals surface area contributed by atoms with Crippen molar-refractivity contribution in [2.45, 2.75) is 11.5 Å². The summed E-state index contributed by atoms with van der Waals surface area (Å²) in [5.74, 6) is 0.452. The molecule has 5 nitrogen and oxygen atoms in total. The van der Waals surface area contributed by atoms with Gasteiger partial charge < -0.3 is 4.74 Å². The van der Waals surface area contributed by atoms with Gasteiger partial charge in [0.05, 0.1) is 5.69 Å². The Hall–Kier alpha value is -2.11. The Labute approximate surface area is 119 Å². The molecular weight excluding hydrogens is 281 g/mol. The number of benzene rings is 1. The predicted octanol–water partition coefficient (Wildman–Crippen LogP) is 2.99. The Morgan fingerprint density at radius 3 is 3.00 bits per heavy atom. The second-order valence-electron chi connectivity index (χ2n) is 3.83. The van der Waals surface area contributed by atoms with Crippen LogP contribution in [0.3, 0.4) is 0 Å². The Bertz CT molecular complexity index is 638. The highest BCUT2D eigenvalue weighted by molar-refractivity contribution is 7.99. The number of alkyl halides is 1. The van der Waals surface area contributed by atoms with Gasteiger partial charge in [0, 0.05) is 29.8 Å². The van der Waals surface area contributed by atoms with Crippen molar-refractivity contribution in [1.82, 2.24) is 9.78 Å². The van der Waals surface area contributed by atoms with Crippen LogP contribution in [0.15, 0.2) is 40.4 Å². The first-order chi connectivity index (χ1) is 9.74. The molecule has 0 aliphatic heterocycles.